The summed E-state index contributed by atoms with van der Waals surface area (Å²) in [6.07, 6.45) is 2.84. The zero-order valence-electron chi connectivity index (χ0n) is 15.0. The van der Waals surface area contributed by atoms with Crippen LogP contribution in [0.1, 0.15) is 23.2 Å². The second-order valence-electron chi connectivity index (χ2n) is 6.08. The van der Waals surface area contributed by atoms with Gasteiger partial charge in [-0.2, -0.15) is 0 Å². The number of rotatable bonds is 8. The summed E-state index contributed by atoms with van der Waals surface area (Å²) in [5.41, 5.74) is 4.20. The van der Waals surface area contributed by atoms with Crippen LogP contribution in [-0.2, 0) is 4.74 Å². The van der Waals surface area contributed by atoms with Gasteiger partial charge >= 0.3 is 5.69 Å². The molecule has 1 fully saturated rings. The highest BCUT2D eigenvalue weighted by Gasteiger charge is 2.25. The molecular formula is C16H17N7O6. The van der Waals surface area contributed by atoms with Crippen LogP contribution in [0.15, 0.2) is 30.6 Å². The highest BCUT2D eigenvalue weighted by Crippen LogP contribution is 2.28. The van der Waals surface area contributed by atoms with Crippen LogP contribution in [-0.4, -0.2) is 45.0 Å². The predicted octanol–water partition coefficient (Wildman–Crippen LogP) is 1.64. The Morgan fingerprint density at radius 2 is 1.86 bits per heavy atom. The van der Waals surface area contributed by atoms with Gasteiger partial charge in [0.2, 0.25) is 11.6 Å². The minimum atomic E-state index is -0.668. The van der Waals surface area contributed by atoms with Gasteiger partial charge in [0, 0.05) is 30.8 Å². The fourth-order valence-electron chi connectivity index (χ4n) is 2.71. The van der Waals surface area contributed by atoms with Crippen molar-refractivity contribution < 1.29 is 19.4 Å². The molecule has 0 spiro atoms. The first-order valence-corrected chi connectivity index (χ1v) is 8.61. The van der Waals surface area contributed by atoms with Crippen LogP contribution in [0.2, 0.25) is 0 Å². The van der Waals surface area contributed by atoms with E-state index in [9.17, 15) is 25.0 Å². The Kier molecular flexibility index (Phi) is 6.09. The Balaban J connectivity index is 1.69. The molecule has 13 heteroatoms. The quantitative estimate of drug-likeness (QED) is 0.434. The molecule has 1 saturated heterocycles. The lowest BCUT2D eigenvalue weighted by atomic mass is 10.2. The highest BCUT2D eigenvalue weighted by atomic mass is 16.6. The fourth-order valence-corrected chi connectivity index (χ4v) is 2.71. The number of nitro groups is 2. The molecule has 3 N–H and O–H groups in total. The zero-order valence-corrected chi connectivity index (χ0v) is 15.0. The first-order chi connectivity index (χ1) is 14.0. The van der Waals surface area contributed by atoms with Gasteiger partial charge in [0.05, 0.1) is 16.0 Å². The average Bonchev–Trinajstić information content (AvgIpc) is 3.24. The molecule has 1 atom stereocenters. The number of benzene rings is 1. The molecule has 2 heterocycles. The minimum absolute atomic E-state index is 0.00687. The van der Waals surface area contributed by atoms with E-state index in [0.717, 1.165) is 19.2 Å². The largest absolute Gasteiger partial charge is 0.376 e. The van der Waals surface area contributed by atoms with E-state index in [1.54, 1.807) is 0 Å². The van der Waals surface area contributed by atoms with Gasteiger partial charge in [-0.3, -0.25) is 35.9 Å². The zero-order chi connectivity index (χ0) is 20.8. The molecule has 1 aliphatic rings. The Labute approximate surface area is 163 Å². The van der Waals surface area contributed by atoms with E-state index in [2.05, 4.69) is 26.1 Å². The third-order valence-electron chi connectivity index (χ3n) is 4.16. The number of amides is 1. The summed E-state index contributed by atoms with van der Waals surface area (Å²) in [5, 5.41) is 25.0. The lowest BCUT2D eigenvalue weighted by Crippen LogP contribution is -2.30. The predicted molar refractivity (Wildman–Crippen MR) is 100 cm³/mol. The topological polar surface area (TPSA) is 174 Å². The molecule has 0 saturated carbocycles. The van der Waals surface area contributed by atoms with Gasteiger partial charge in [-0.15, -0.1) is 0 Å². The molecule has 1 aliphatic heterocycles. The first kappa shape index (κ1) is 19.9. The molecule has 3 rings (SSSR count). The standard InChI is InChI=1S/C16H17N7O6/c24-16(10-3-5-11(6-4-10)22(25)26)21-20-15-13(23(27)28)14(18-9-19-15)17-8-12-2-1-7-29-12/h3-6,9,12H,1-2,7-8H2,(H,21,24)(H2,17,18,19,20). The van der Waals surface area contributed by atoms with Gasteiger partial charge in [0.25, 0.3) is 11.6 Å². The molecule has 1 aromatic carbocycles. The number of anilines is 2. The highest BCUT2D eigenvalue weighted by molar-refractivity contribution is 5.95. The Bertz CT molecular complexity index is 914. The SMILES string of the molecule is O=C(NNc1ncnc(NCC2CCCO2)c1[N+](=O)[O-])c1ccc([N+](=O)[O-])cc1. The molecule has 0 aliphatic carbocycles. The third-order valence-corrected chi connectivity index (χ3v) is 4.16. The molecule has 0 bridgehead atoms. The van der Waals surface area contributed by atoms with Crippen molar-refractivity contribution in [3.63, 3.8) is 0 Å². The van der Waals surface area contributed by atoms with Crippen LogP contribution in [0, 0.1) is 20.2 Å². The summed E-state index contributed by atoms with van der Waals surface area (Å²) in [6.45, 7) is 1.01. The van der Waals surface area contributed by atoms with Gasteiger partial charge in [-0.1, -0.05) is 0 Å². The van der Waals surface area contributed by atoms with Crippen molar-refractivity contribution in [2.75, 3.05) is 23.9 Å². The normalized spacial score (nSPS) is 15.5. The smallest absolute Gasteiger partial charge is 0.354 e. The molecule has 1 aromatic heterocycles. The minimum Gasteiger partial charge on any atom is -0.376 e. The van der Waals surface area contributed by atoms with Gasteiger partial charge in [-0.05, 0) is 25.0 Å². The maximum Gasteiger partial charge on any atom is 0.354 e. The summed E-state index contributed by atoms with van der Waals surface area (Å²) in [7, 11) is 0. The Hall–Kier alpha value is -3.87. The van der Waals surface area contributed by atoms with Gasteiger partial charge < -0.3 is 10.1 Å². The Morgan fingerprint density at radius 1 is 1.14 bits per heavy atom. The summed E-state index contributed by atoms with van der Waals surface area (Å²) in [6, 6.07) is 4.88. The fraction of sp³-hybridized carbons (Fsp3) is 0.312. The van der Waals surface area contributed by atoms with Crippen LogP contribution in [0.4, 0.5) is 23.0 Å². The van der Waals surface area contributed by atoms with Crippen molar-refractivity contribution in [2.45, 2.75) is 18.9 Å². The van der Waals surface area contributed by atoms with Crippen molar-refractivity contribution in [3.05, 3.63) is 56.4 Å². The number of ether oxygens (including phenoxy) is 1. The van der Waals surface area contributed by atoms with Crippen LogP contribution >= 0.6 is 0 Å². The van der Waals surface area contributed by atoms with E-state index in [4.69, 9.17) is 4.74 Å². The lowest BCUT2D eigenvalue weighted by Gasteiger charge is -2.13. The third kappa shape index (κ3) is 4.90. The number of carbonyl (C=O) groups is 1. The number of hydrogen-bond donors (Lipinski definition) is 3. The Morgan fingerprint density at radius 3 is 2.48 bits per heavy atom. The van der Waals surface area contributed by atoms with Crippen molar-refractivity contribution in [1.82, 2.24) is 15.4 Å². The first-order valence-electron chi connectivity index (χ1n) is 8.61. The van der Waals surface area contributed by atoms with Crippen LogP contribution in [0.3, 0.4) is 0 Å². The molecule has 1 unspecified atom stereocenters. The van der Waals surface area contributed by atoms with Crippen LogP contribution in [0.25, 0.3) is 0 Å². The van der Waals surface area contributed by atoms with E-state index in [-0.39, 0.29) is 29.0 Å². The van der Waals surface area contributed by atoms with E-state index in [0.29, 0.717) is 13.2 Å². The summed E-state index contributed by atoms with van der Waals surface area (Å²) in [4.78, 5) is 40.8. The number of nitrogens with zero attached hydrogens (tertiary/aromatic N) is 4. The number of nitrogens with one attached hydrogen (secondary N) is 3. The molecule has 29 heavy (non-hydrogen) atoms. The van der Waals surface area contributed by atoms with Gasteiger partial charge in [0.1, 0.15) is 6.33 Å². The summed E-state index contributed by atoms with van der Waals surface area (Å²) >= 11 is 0. The maximum absolute atomic E-state index is 12.2. The monoisotopic (exact) mass is 403 g/mol. The molecule has 152 valence electrons. The summed E-state index contributed by atoms with van der Waals surface area (Å²) in [5.74, 6) is -0.871. The number of carbonyl (C=O) groups excluding carboxylic acids is 1. The molecule has 0 radical (unpaired) electrons. The second kappa shape index (κ2) is 8.88. The molecular weight excluding hydrogens is 386 g/mol. The number of nitro benzene ring substituents is 1. The second-order valence-corrected chi connectivity index (χ2v) is 6.08. The van der Waals surface area contributed by atoms with Gasteiger partial charge in [0.15, 0.2) is 0 Å². The number of hydrazine groups is 1. The summed E-state index contributed by atoms with van der Waals surface area (Å²) < 4.78 is 5.47. The van der Waals surface area contributed by atoms with Crippen molar-refractivity contribution in [1.29, 1.82) is 0 Å². The van der Waals surface area contributed by atoms with Crippen molar-refractivity contribution in [3.8, 4) is 0 Å². The maximum atomic E-state index is 12.2. The van der Waals surface area contributed by atoms with Gasteiger partial charge in [-0.25, -0.2) is 9.97 Å². The van der Waals surface area contributed by atoms with E-state index >= 15 is 0 Å². The van der Waals surface area contributed by atoms with E-state index < -0.39 is 21.4 Å². The van der Waals surface area contributed by atoms with E-state index in [1.165, 1.54) is 24.3 Å². The lowest BCUT2D eigenvalue weighted by molar-refractivity contribution is -0.384. The molecule has 1 amide bonds. The molecule has 13 nitrogen and oxygen atoms in total. The number of aromatic nitrogens is 2. The van der Waals surface area contributed by atoms with Crippen molar-refractivity contribution >= 4 is 28.9 Å². The van der Waals surface area contributed by atoms with E-state index in [1.807, 2.05) is 0 Å². The molecule has 2 aromatic rings. The van der Waals surface area contributed by atoms with Crippen LogP contribution in [0.5, 0.6) is 0 Å². The number of hydrogen-bond acceptors (Lipinski definition) is 10. The van der Waals surface area contributed by atoms with Crippen LogP contribution < -0.4 is 16.2 Å². The van der Waals surface area contributed by atoms with Crippen molar-refractivity contribution in [2.24, 2.45) is 0 Å². The number of non-ortho nitro benzene ring substituents is 1. The average molecular weight is 403 g/mol.